The molecule has 0 amide bonds. The maximum atomic E-state index is 11.7. The van der Waals surface area contributed by atoms with Crippen LogP contribution in [0.4, 0.5) is 0 Å². The molecule has 1 unspecified atom stereocenters. The monoisotopic (exact) mass is 292 g/mol. The van der Waals surface area contributed by atoms with E-state index in [1.54, 1.807) is 7.11 Å². The molecule has 0 aromatic heterocycles. The van der Waals surface area contributed by atoms with Gasteiger partial charge in [-0.2, -0.15) is 0 Å². The molecule has 0 bridgehead atoms. The lowest BCUT2D eigenvalue weighted by Gasteiger charge is -2.36. The van der Waals surface area contributed by atoms with Crippen molar-refractivity contribution in [3.05, 3.63) is 29.3 Å². The summed E-state index contributed by atoms with van der Waals surface area (Å²) in [4.78, 5) is 16.0. The molecule has 1 aromatic carbocycles. The average molecular weight is 292 g/mol. The maximum absolute atomic E-state index is 11.7. The molecule has 5 heteroatoms. The zero-order valence-corrected chi connectivity index (χ0v) is 13.0. The fraction of sp³-hybridized carbons (Fsp3) is 0.562. The third-order valence-electron chi connectivity index (χ3n) is 4.11. The number of hydrogen-bond acceptors (Lipinski definition) is 4. The summed E-state index contributed by atoms with van der Waals surface area (Å²) < 4.78 is 5.37. The Kier molecular flexibility index (Phi) is 5.20. The lowest BCUT2D eigenvalue weighted by molar-refractivity contribution is -0.144. The smallest absolute Gasteiger partial charge is 0.321 e. The summed E-state index contributed by atoms with van der Waals surface area (Å²) in [7, 11) is 3.69. The highest BCUT2D eigenvalue weighted by Gasteiger charge is 2.29. The van der Waals surface area contributed by atoms with Gasteiger partial charge in [0.05, 0.1) is 7.11 Å². The Morgan fingerprint density at radius 1 is 1.33 bits per heavy atom. The number of methoxy groups -OCH3 is 1. The maximum Gasteiger partial charge on any atom is 0.321 e. The molecule has 21 heavy (non-hydrogen) atoms. The van der Waals surface area contributed by atoms with Crippen molar-refractivity contribution in [3.8, 4) is 5.75 Å². The van der Waals surface area contributed by atoms with Crippen molar-refractivity contribution in [2.75, 3.05) is 40.3 Å². The van der Waals surface area contributed by atoms with Gasteiger partial charge >= 0.3 is 5.97 Å². The van der Waals surface area contributed by atoms with E-state index in [0.29, 0.717) is 6.42 Å². The Balaban J connectivity index is 2.16. The minimum absolute atomic E-state index is 0.476. The second-order valence-corrected chi connectivity index (χ2v) is 5.71. The van der Waals surface area contributed by atoms with Crippen LogP contribution in [0.1, 0.15) is 11.1 Å². The molecule has 1 N–H and O–H groups in total. The van der Waals surface area contributed by atoms with E-state index in [4.69, 9.17) is 4.74 Å². The zero-order valence-electron chi connectivity index (χ0n) is 13.0. The number of carboxylic acid groups (broad SMARTS) is 1. The molecular formula is C16H24N2O3. The van der Waals surface area contributed by atoms with Crippen LogP contribution in [-0.2, 0) is 11.2 Å². The van der Waals surface area contributed by atoms with Crippen LogP contribution in [0.25, 0.3) is 0 Å². The minimum Gasteiger partial charge on any atom is -0.496 e. The summed E-state index contributed by atoms with van der Waals surface area (Å²) in [5.41, 5.74) is 2.08. The minimum atomic E-state index is -0.761. The second-order valence-electron chi connectivity index (χ2n) is 5.71. The first-order valence-electron chi connectivity index (χ1n) is 7.30. The molecule has 1 aromatic rings. The predicted octanol–water partition coefficient (Wildman–Crippen LogP) is 1.25. The Bertz CT molecular complexity index is 496. The zero-order chi connectivity index (χ0) is 15.4. The van der Waals surface area contributed by atoms with E-state index in [9.17, 15) is 9.90 Å². The van der Waals surface area contributed by atoms with Crippen molar-refractivity contribution in [1.82, 2.24) is 9.80 Å². The summed E-state index contributed by atoms with van der Waals surface area (Å²) in [6.45, 7) is 5.42. The van der Waals surface area contributed by atoms with E-state index in [1.165, 1.54) is 0 Å². The van der Waals surface area contributed by atoms with Crippen LogP contribution < -0.4 is 4.74 Å². The number of carboxylic acids is 1. The van der Waals surface area contributed by atoms with E-state index in [0.717, 1.165) is 43.1 Å². The second kappa shape index (κ2) is 6.91. The molecule has 1 heterocycles. The first kappa shape index (κ1) is 15.8. The molecule has 1 atom stereocenters. The molecule has 2 rings (SSSR count). The lowest BCUT2D eigenvalue weighted by Crippen LogP contribution is -2.52. The first-order chi connectivity index (χ1) is 10.0. The van der Waals surface area contributed by atoms with E-state index in [2.05, 4.69) is 16.8 Å². The van der Waals surface area contributed by atoms with Gasteiger partial charge in [-0.1, -0.05) is 17.7 Å². The van der Waals surface area contributed by atoms with E-state index >= 15 is 0 Å². The van der Waals surface area contributed by atoms with Crippen molar-refractivity contribution >= 4 is 5.97 Å². The Morgan fingerprint density at radius 3 is 2.57 bits per heavy atom. The third kappa shape index (κ3) is 3.95. The van der Waals surface area contributed by atoms with Gasteiger partial charge in [0.15, 0.2) is 0 Å². The molecule has 0 radical (unpaired) electrons. The van der Waals surface area contributed by atoms with Crippen LogP contribution >= 0.6 is 0 Å². The standard InChI is InChI=1S/C16H24N2O3/c1-12-4-5-15(21-3)13(10-12)11-14(16(19)20)18-8-6-17(2)7-9-18/h4-5,10,14H,6-9,11H2,1-3H3,(H,19,20). The molecule has 0 aliphatic carbocycles. The van der Waals surface area contributed by atoms with Gasteiger partial charge < -0.3 is 14.7 Å². The van der Waals surface area contributed by atoms with Crippen LogP contribution in [0.15, 0.2) is 18.2 Å². The fourth-order valence-corrected chi connectivity index (χ4v) is 2.78. The quantitative estimate of drug-likeness (QED) is 0.885. The number of piperazine rings is 1. The number of carbonyl (C=O) groups is 1. The van der Waals surface area contributed by atoms with Gasteiger partial charge in [-0.3, -0.25) is 9.69 Å². The van der Waals surface area contributed by atoms with Crippen LogP contribution in [0.2, 0.25) is 0 Å². The van der Waals surface area contributed by atoms with E-state index in [-0.39, 0.29) is 0 Å². The van der Waals surface area contributed by atoms with Crippen molar-refractivity contribution in [3.63, 3.8) is 0 Å². The Hall–Kier alpha value is -1.59. The van der Waals surface area contributed by atoms with Crippen LogP contribution in [0.5, 0.6) is 5.75 Å². The van der Waals surface area contributed by atoms with Gasteiger partial charge in [-0.15, -0.1) is 0 Å². The molecule has 1 aliphatic rings. The molecule has 116 valence electrons. The Morgan fingerprint density at radius 2 is 2.00 bits per heavy atom. The summed E-state index contributed by atoms with van der Waals surface area (Å²) in [5.74, 6) is 0.00379. The van der Waals surface area contributed by atoms with Crippen LogP contribution in [-0.4, -0.2) is 67.3 Å². The summed E-state index contributed by atoms with van der Waals surface area (Å²) in [5, 5.41) is 9.59. The predicted molar refractivity (Wildman–Crippen MR) is 81.9 cm³/mol. The van der Waals surface area contributed by atoms with Gasteiger partial charge in [0.2, 0.25) is 0 Å². The third-order valence-corrected chi connectivity index (χ3v) is 4.11. The van der Waals surface area contributed by atoms with Gasteiger partial charge in [-0.25, -0.2) is 0 Å². The number of benzene rings is 1. The molecular weight excluding hydrogens is 268 g/mol. The van der Waals surface area contributed by atoms with Gasteiger partial charge in [0, 0.05) is 32.6 Å². The Labute approximate surface area is 126 Å². The number of rotatable bonds is 5. The molecule has 1 fully saturated rings. The molecule has 0 spiro atoms. The number of nitrogens with zero attached hydrogens (tertiary/aromatic N) is 2. The number of ether oxygens (including phenoxy) is 1. The average Bonchev–Trinajstić information content (AvgIpc) is 2.46. The van der Waals surface area contributed by atoms with E-state index in [1.807, 2.05) is 25.1 Å². The van der Waals surface area contributed by atoms with E-state index < -0.39 is 12.0 Å². The van der Waals surface area contributed by atoms with Gasteiger partial charge in [0.1, 0.15) is 11.8 Å². The van der Waals surface area contributed by atoms with Crippen molar-refractivity contribution in [2.45, 2.75) is 19.4 Å². The molecule has 5 nitrogen and oxygen atoms in total. The summed E-state index contributed by atoms with van der Waals surface area (Å²) in [6.07, 6.45) is 0.476. The number of aryl methyl sites for hydroxylation is 1. The van der Waals surface area contributed by atoms with Crippen LogP contribution in [0, 0.1) is 6.92 Å². The normalized spacial score (nSPS) is 18.4. The number of aliphatic carboxylic acids is 1. The molecule has 1 aliphatic heterocycles. The fourth-order valence-electron chi connectivity index (χ4n) is 2.78. The topological polar surface area (TPSA) is 53.0 Å². The van der Waals surface area contributed by atoms with Crippen molar-refractivity contribution < 1.29 is 14.6 Å². The highest BCUT2D eigenvalue weighted by molar-refractivity contribution is 5.74. The molecule has 1 saturated heterocycles. The van der Waals surface area contributed by atoms with Crippen molar-refractivity contribution in [2.24, 2.45) is 0 Å². The van der Waals surface area contributed by atoms with Gasteiger partial charge in [0.25, 0.3) is 0 Å². The summed E-state index contributed by atoms with van der Waals surface area (Å²) in [6, 6.07) is 5.42. The SMILES string of the molecule is COc1ccc(C)cc1CC(C(=O)O)N1CCN(C)CC1. The highest BCUT2D eigenvalue weighted by atomic mass is 16.5. The number of hydrogen-bond donors (Lipinski definition) is 1. The molecule has 0 saturated carbocycles. The summed E-state index contributed by atoms with van der Waals surface area (Å²) >= 11 is 0. The van der Waals surface area contributed by atoms with Gasteiger partial charge in [-0.05, 0) is 25.6 Å². The largest absolute Gasteiger partial charge is 0.496 e. The first-order valence-corrected chi connectivity index (χ1v) is 7.30. The number of likely N-dealkylation sites (N-methyl/N-ethyl adjacent to an activating group) is 1. The highest BCUT2D eigenvalue weighted by Crippen LogP contribution is 2.23. The van der Waals surface area contributed by atoms with Crippen molar-refractivity contribution in [1.29, 1.82) is 0 Å². The van der Waals surface area contributed by atoms with Crippen LogP contribution in [0.3, 0.4) is 0 Å². The lowest BCUT2D eigenvalue weighted by atomic mass is 10.0.